The first-order valence-corrected chi connectivity index (χ1v) is 8.13. The van der Waals surface area contributed by atoms with Gasteiger partial charge in [-0.1, -0.05) is 22.0 Å². The molecule has 0 unspecified atom stereocenters. The molecule has 100 valence electrons. The van der Waals surface area contributed by atoms with Gasteiger partial charge in [-0.15, -0.1) is 6.58 Å². The van der Waals surface area contributed by atoms with Gasteiger partial charge >= 0.3 is 0 Å². The van der Waals surface area contributed by atoms with E-state index in [1.165, 1.54) is 16.4 Å². The predicted molar refractivity (Wildman–Crippen MR) is 77.9 cm³/mol. The van der Waals surface area contributed by atoms with E-state index in [0.29, 0.717) is 4.47 Å². The van der Waals surface area contributed by atoms with E-state index in [4.69, 9.17) is 5.11 Å². The number of benzene rings is 1. The molecule has 0 bridgehead atoms. The van der Waals surface area contributed by atoms with Gasteiger partial charge in [0.2, 0.25) is 10.0 Å². The van der Waals surface area contributed by atoms with E-state index in [1.807, 2.05) is 0 Å². The molecule has 1 rings (SSSR count). The number of sulfonamides is 1. The third kappa shape index (κ3) is 3.64. The predicted octanol–water partition coefficient (Wildman–Crippen LogP) is 2.38. The maximum Gasteiger partial charge on any atom is 0.244 e. The van der Waals surface area contributed by atoms with Crippen molar-refractivity contribution in [2.24, 2.45) is 0 Å². The molecule has 1 aromatic rings. The first-order chi connectivity index (χ1) is 8.43. The summed E-state index contributed by atoms with van der Waals surface area (Å²) in [6.45, 7) is 3.48. The van der Waals surface area contributed by atoms with Crippen LogP contribution in [0, 0.1) is 0 Å². The van der Waals surface area contributed by atoms with Crippen LogP contribution in [0.5, 0.6) is 0 Å². The van der Waals surface area contributed by atoms with E-state index < -0.39 is 10.0 Å². The zero-order valence-electron chi connectivity index (χ0n) is 9.51. The molecule has 0 saturated heterocycles. The normalized spacial score (nSPS) is 11.8. The maximum atomic E-state index is 12.4. The Balaban J connectivity index is 3.21. The minimum atomic E-state index is -3.64. The second-order valence-corrected chi connectivity index (χ2v) is 7.13. The Kier molecular flexibility index (Phi) is 6.00. The average molecular weight is 399 g/mol. The van der Waals surface area contributed by atoms with E-state index >= 15 is 0 Å². The Morgan fingerprint density at radius 2 is 2.06 bits per heavy atom. The summed E-state index contributed by atoms with van der Waals surface area (Å²) in [5.41, 5.74) is 0. The van der Waals surface area contributed by atoms with Crippen LogP contribution in [0.4, 0.5) is 0 Å². The zero-order valence-corrected chi connectivity index (χ0v) is 13.5. The molecule has 0 heterocycles. The number of rotatable bonds is 6. The standard InChI is InChI=1S/C11H13Br2NO3S/c1-2-5-14(6-7-15)18(16,17)11-4-3-9(12)8-10(11)13/h2-4,8,15H,1,5-7H2. The van der Waals surface area contributed by atoms with Crippen molar-refractivity contribution in [3.63, 3.8) is 0 Å². The lowest BCUT2D eigenvalue weighted by atomic mass is 10.4. The maximum absolute atomic E-state index is 12.4. The number of hydrogen-bond acceptors (Lipinski definition) is 3. The zero-order chi connectivity index (χ0) is 13.8. The van der Waals surface area contributed by atoms with E-state index in [-0.39, 0.29) is 24.6 Å². The quantitative estimate of drug-likeness (QED) is 0.748. The van der Waals surface area contributed by atoms with Gasteiger partial charge in [0.25, 0.3) is 0 Å². The highest BCUT2D eigenvalue weighted by molar-refractivity contribution is 9.11. The fourth-order valence-electron chi connectivity index (χ4n) is 1.39. The first-order valence-electron chi connectivity index (χ1n) is 5.10. The van der Waals surface area contributed by atoms with Crippen molar-refractivity contribution in [2.45, 2.75) is 4.90 Å². The van der Waals surface area contributed by atoms with E-state index in [0.717, 1.165) is 4.47 Å². The van der Waals surface area contributed by atoms with Crippen LogP contribution in [0.2, 0.25) is 0 Å². The average Bonchev–Trinajstić information content (AvgIpc) is 2.28. The molecule has 0 spiro atoms. The smallest absolute Gasteiger partial charge is 0.244 e. The van der Waals surface area contributed by atoms with Crippen LogP contribution < -0.4 is 0 Å². The molecule has 0 amide bonds. The van der Waals surface area contributed by atoms with Crippen molar-refractivity contribution in [1.29, 1.82) is 0 Å². The van der Waals surface area contributed by atoms with Crippen molar-refractivity contribution in [3.8, 4) is 0 Å². The Morgan fingerprint density at radius 3 is 2.56 bits per heavy atom. The third-order valence-electron chi connectivity index (χ3n) is 2.19. The van der Waals surface area contributed by atoms with Crippen molar-refractivity contribution in [2.75, 3.05) is 19.7 Å². The Hall–Kier alpha value is -0.210. The Bertz CT molecular complexity index is 531. The van der Waals surface area contributed by atoms with Crippen LogP contribution in [-0.2, 0) is 10.0 Å². The molecule has 18 heavy (non-hydrogen) atoms. The van der Waals surface area contributed by atoms with Crippen LogP contribution in [0.1, 0.15) is 0 Å². The van der Waals surface area contributed by atoms with Crippen molar-refractivity contribution in [3.05, 3.63) is 39.8 Å². The number of aliphatic hydroxyl groups is 1. The van der Waals surface area contributed by atoms with E-state index in [9.17, 15) is 8.42 Å². The Morgan fingerprint density at radius 1 is 1.39 bits per heavy atom. The molecular weight excluding hydrogens is 386 g/mol. The minimum absolute atomic E-state index is 0.0385. The van der Waals surface area contributed by atoms with Gasteiger partial charge in [-0.25, -0.2) is 8.42 Å². The highest BCUT2D eigenvalue weighted by Gasteiger charge is 2.25. The lowest BCUT2D eigenvalue weighted by Crippen LogP contribution is -2.33. The van der Waals surface area contributed by atoms with Crippen molar-refractivity contribution in [1.82, 2.24) is 4.31 Å². The summed E-state index contributed by atoms with van der Waals surface area (Å²) in [6.07, 6.45) is 1.49. The SMILES string of the molecule is C=CCN(CCO)S(=O)(=O)c1ccc(Br)cc1Br. The van der Waals surface area contributed by atoms with E-state index in [2.05, 4.69) is 38.4 Å². The molecule has 0 radical (unpaired) electrons. The number of halogens is 2. The van der Waals surface area contributed by atoms with Gasteiger partial charge < -0.3 is 5.11 Å². The molecule has 0 saturated carbocycles. The van der Waals surface area contributed by atoms with Crippen LogP contribution in [-0.4, -0.2) is 37.5 Å². The molecule has 0 aromatic heterocycles. The molecule has 0 atom stereocenters. The van der Waals surface area contributed by atoms with Gasteiger partial charge in [0.05, 0.1) is 11.5 Å². The second kappa shape index (κ2) is 6.81. The molecular formula is C11H13Br2NO3S. The van der Waals surface area contributed by atoms with Gasteiger partial charge in [-0.05, 0) is 34.1 Å². The third-order valence-corrected chi connectivity index (χ3v) is 5.53. The molecule has 0 aliphatic heterocycles. The highest BCUT2D eigenvalue weighted by Crippen LogP contribution is 2.27. The van der Waals surface area contributed by atoms with Crippen LogP contribution in [0.3, 0.4) is 0 Å². The van der Waals surface area contributed by atoms with E-state index in [1.54, 1.807) is 12.1 Å². The molecule has 0 aliphatic carbocycles. The summed E-state index contributed by atoms with van der Waals surface area (Å²) >= 11 is 6.50. The number of hydrogen-bond donors (Lipinski definition) is 1. The van der Waals surface area contributed by atoms with Gasteiger partial charge in [0.1, 0.15) is 0 Å². The van der Waals surface area contributed by atoms with Crippen molar-refractivity contribution < 1.29 is 13.5 Å². The first kappa shape index (κ1) is 15.8. The molecule has 4 nitrogen and oxygen atoms in total. The molecule has 0 fully saturated rings. The Labute approximate surface area is 124 Å². The summed E-state index contributed by atoms with van der Waals surface area (Å²) in [5, 5.41) is 8.93. The molecule has 1 N–H and O–H groups in total. The summed E-state index contributed by atoms with van der Waals surface area (Å²) in [5.74, 6) is 0. The fourth-order valence-corrected chi connectivity index (χ4v) is 4.50. The van der Waals surface area contributed by atoms with Gasteiger partial charge in [0.15, 0.2) is 0 Å². The van der Waals surface area contributed by atoms with Gasteiger partial charge in [-0.2, -0.15) is 4.31 Å². The summed E-state index contributed by atoms with van der Waals surface area (Å²) in [4.78, 5) is 0.168. The summed E-state index contributed by atoms with van der Waals surface area (Å²) in [6, 6.07) is 4.83. The minimum Gasteiger partial charge on any atom is -0.395 e. The lowest BCUT2D eigenvalue weighted by Gasteiger charge is -2.20. The van der Waals surface area contributed by atoms with Gasteiger partial charge in [0, 0.05) is 22.0 Å². The number of aliphatic hydroxyl groups excluding tert-OH is 1. The summed E-state index contributed by atoms with van der Waals surface area (Å²) in [7, 11) is -3.64. The molecule has 0 aliphatic rings. The molecule has 7 heteroatoms. The highest BCUT2D eigenvalue weighted by atomic mass is 79.9. The monoisotopic (exact) mass is 397 g/mol. The van der Waals surface area contributed by atoms with Crippen LogP contribution in [0.25, 0.3) is 0 Å². The van der Waals surface area contributed by atoms with Crippen LogP contribution in [0.15, 0.2) is 44.7 Å². The second-order valence-electron chi connectivity index (χ2n) is 3.45. The largest absolute Gasteiger partial charge is 0.395 e. The van der Waals surface area contributed by atoms with Crippen LogP contribution >= 0.6 is 31.9 Å². The lowest BCUT2D eigenvalue weighted by molar-refractivity contribution is 0.260. The summed E-state index contributed by atoms with van der Waals surface area (Å²) < 4.78 is 27.2. The fraction of sp³-hybridized carbons (Fsp3) is 0.273. The van der Waals surface area contributed by atoms with Gasteiger partial charge in [-0.3, -0.25) is 0 Å². The number of nitrogens with zero attached hydrogens (tertiary/aromatic N) is 1. The topological polar surface area (TPSA) is 57.6 Å². The van der Waals surface area contributed by atoms with Crippen molar-refractivity contribution >= 4 is 41.9 Å². The molecule has 1 aromatic carbocycles.